The summed E-state index contributed by atoms with van der Waals surface area (Å²) in [5.74, 6) is 0.593. The van der Waals surface area contributed by atoms with Crippen molar-refractivity contribution in [3.8, 4) is 0 Å². The number of nitrogens with zero attached hydrogens (tertiary/aromatic N) is 6. The van der Waals surface area contributed by atoms with Gasteiger partial charge in [-0.2, -0.15) is 4.31 Å². The minimum Gasteiger partial charge on any atom is -0.283 e. The maximum atomic E-state index is 13.0. The van der Waals surface area contributed by atoms with E-state index in [9.17, 15) is 8.42 Å². The van der Waals surface area contributed by atoms with E-state index < -0.39 is 10.0 Å². The summed E-state index contributed by atoms with van der Waals surface area (Å²) in [5.41, 5.74) is 2.94. The van der Waals surface area contributed by atoms with Crippen molar-refractivity contribution in [2.24, 2.45) is 0 Å². The van der Waals surface area contributed by atoms with Crippen LogP contribution >= 0.6 is 12.2 Å². The SMILES string of the molecule is Cc1ccc(S(=O)(=O)N2CCCN(Cn3nc4nc(C)cc(C)n4c3=S)CC2)cc1. The van der Waals surface area contributed by atoms with Crippen molar-refractivity contribution in [3.05, 3.63) is 52.1 Å². The first-order valence-corrected chi connectivity index (χ1v) is 11.8. The molecule has 160 valence electrons. The smallest absolute Gasteiger partial charge is 0.254 e. The maximum Gasteiger partial charge on any atom is 0.254 e. The Morgan fingerprint density at radius 1 is 1.03 bits per heavy atom. The molecule has 0 amide bonds. The normalized spacial score (nSPS) is 16.8. The van der Waals surface area contributed by atoms with Gasteiger partial charge in [0.25, 0.3) is 5.78 Å². The molecule has 0 radical (unpaired) electrons. The number of hydrogen-bond donors (Lipinski definition) is 0. The lowest BCUT2D eigenvalue weighted by molar-refractivity contribution is 0.216. The third-order valence-corrected chi connectivity index (χ3v) is 7.72. The predicted octanol–water partition coefficient (Wildman–Crippen LogP) is 2.54. The van der Waals surface area contributed by atoms with E-state index in [-0.39, 0.29) is 0 Å². The fraction of sp³-hybridized carbons (Fsp3) is 0.450. The molecular weight excluding hydrogens is 420 g/mol. The van der Waals surface area contributed by atoms with E-state index in [1.54, 1.807) is 21.1 Å². The average molecular weight is 447 g/mol. The molecule has 0 bridgehead atoms. The van der Waals surface area contributed by atoms with E-state index in [2.05, 4.69) is 15.0 Å². The third kappa shape index (κ3) is 4.04. The van der Waals surface area contributed by atoms with Gasteiger partial charge in [0, 0.05) is 37.6 Å². The zero-order valence-corrected chi connectivity index (χ0v) is 19.1. The molecule has 0 N–H and O–H groups in total. The molecule has 1 aliphatic rings. The van der Waals surface area contributed by atoms with Gasteiger partial charge in [-0.15, -0.1) is 5.10 Å². The first-order chi connectivity index (χ1) is 14.3. The summed E-state index contributed by atoms with van der Waals surface area (Å²) in [7, 11) is -3.49. The second-order valence-corrected chi connectivity index (χ2v) is 10.1. The third-order valence-electron chi connectivity index (χ3n) is 5.41. The van der Waals surface area contributed by atoms with Gasteiger partial charge in [-0.25, -0.2) is 18.1 Å². The first-order valence-electron chi connectivity index (χ1n) is 9.99. The fourth-order valence-corrected chi connectivity index (χ4v) is 5.60. The largest absolute Gasteiger partial charge is 0.283 e. The van der Waals surface area contributed by atoms with E-state index in [1.807, 2.05) is 43.4 Å². The number of hydrogen-bond acceptors (Lipinski definition) is 6. The van der Waals surface area contributed by atoms with Crippen molar-refractivity contribution < 1.29 is 8.42 Å². The summed E-state index contributed by atoms with van der Waals surface area (Å²) in [6, 6.07) is 9.01. The summed E-state index contributed by atoms with van der Waals surface area (Å²) in [6.45, 7) is 8.72. The van der Waals surface area contributed by atoms with Crippen LogP contribution in [0.4, 0.5) is 0 Å². The quantitative estimate of drug-likeness (QED) is 0.574. The van der Waals surface area contributed by atoms with E-state index in [1.165, 1.54) is 0 Å². The van der Waals surface area contributed by atoms with Crippen LogP contribution in [0.25, 0.3) is 5.78 Å². The average Bonchev–Trinajstić information content (AvgIpc) is 2.85. The monoisotopic (exact) mass is 446 g/mol. The number of aryl methyl sites for hydroxylation is 3. The maximum absolute atomic E-state index is 13.0. The van der Waals surface area contributed by atoms with Gasteiger partial charge in [0.1, 0.15) is 0 Å². The Kier molecular flexibility index (Phi) is 5.75. The number of rotatable bonds is 4. The molecule has 0 saturated carbocycles. The highest BCUT2D eigenvalue weighted by Gasteiger charge is 2.27. The van der Waals surface area contributed by atoms with Gasteiger partial charge >= 0.3 is 0 Å². The van der Waals surface area contributed by atoms with Crippen LogP contribution in [-0.4, -0.2) is 63.0 Å². The molecule has 1 aromatic carbocycles. The van der Waals surface area contributed by atoms with Gasteiger partial charge in [-0.05, 0) is 57.6 Å². The van der Waals surface area contributed by atoms with Gasteiger partial charge in [0.15, 0.2) is 0 Å². The molecule has 8 nitrogen and oxygen atoms in total. The van der Waals surface area contributed by atoms with Gasteiger partial charge in [0.05, 0.1) is 11.6 Å². The van der Waals surface area contributed by atoms with Crippen molar-refractivity contribution in [2.75, 3.05) is 26.2 Å². The lowest BCUT2D eigenvalue weighted by Gasteiger charge is -2.21. The Hall–Kier alpha value is -2.14. The molecule has 3 aromatic rings. The van der Waals surface area contributed by atoms with Crippen LogP contribution in [0, 0.1) is 25.5 Å². The molecule has 1 fully saturated rings. The van der Waals surface area contributed by atoms with Crippen LogP contribution in [0.3, 0.4) is 0 Å². The second kappa shape index (κ2) is 8.18. The second-order valence-electron chi connectivity index (χ2n) is 7.79. The first kappa shape index (κ1) is 21.1. The number of fused-ring (bicyclic) bond motifs is 1. The van der Waals surface area contributed by atoms with Gasteiger partial charge in [-0.3, -0.25) is 9.30 Å². The Balaban J connectivity index is 1.51. The van der Waals surface area contributed by atoms with Crippen LogP contribution in [0.1, 0.15) is 23.4 Å². The molecule has 1 saturated heterocycles. The minimum atomic E-state index is -3.49. The van der Waals surface area contributed by atoms with Crippen molar-refractivity contribution >= 4 is 28.0 Å². The van der Waals surface area contributed by atoms with Crippen LogP contribution < -0.4 is 0 Å². The summed E-state index contributed by atoms with van der Waals surface area (Å²) < 4.78 is 31.9. The predicted molar refractivity (Wildman–Crippen MR) is 117 cm³/mol. The number of sulfonamides is 1. The zero-order chi connectivity index (χ0) is 21.5. The molecule has 10 heteroatoms. The van der Waals surface area contributed by atoms with Gasteiger partial charge < -0.3 is 0 Å². The fourth-order valence-electron chi connectivity index (χ4n) is 3.80. The number of benzene rings is 1. The Morgan fingerprint density at radius 3 is 2.50 bits per heavy atom. The lowest BCUT2D eigenvalue weighted by atomic mass is 10.2. The molecule has 0 atom stereocenters. The van der Waals surface area contributed by atoms with Crippen molar-refractivity contribution in [1.29, 1.82) is 0 Å². The molecule has 3 heterocycles. The number of aromatic nitrogens is 4. The highest BCUT2D eigenvalue weighted by molar-refractivity contribution is 7.89. The summed E-state index contributed by atoms with van der Waals surface area (Å²) >= 11 is 5.61. The Labute approximate surface area is 181 Å². The Bertz CT molecular complexity index is 1230. The summed E-state index contributed by atoms with van der Waals surface area (Å²) in [5, 5.41) is 4.57. The van der Waals surface area contributed by atoms with E-state index in [0.29, 0.717) is 41.7 Å². The molecule has 2 aromatic heterocycles. The summed E-state index contributed by atoms with van der Waals surface area (Å²) in [6.07, 6.45) is 0.752. The van der Waals surface area contributed by atoms with Crippen molar-refractivity contribution in [1.82, 2.24) is 28.4 Å². The van der Waals surface area contributed by atoms with Crippen LogP contribution in [0.15, 0.2) is 35.2 Å². The van der Waals surface area contributed by atoms with Crippen molar-refractivity contribution in [3.63, 3.8) is 0 Å². The zero-order valence-electron chi connectivity index (χ0n) is 17.4. The van der Waals surface area contributed by atoms with E-state index in [4.69, 9.17) is 12.2 Å². The molecule has 0 spiro atoms. The minimum absolute atomic E-state index is 0.348. The highest BCUT2D eigenvalue weighted by Crippen LogP contribution is 2.19. The highest BCUT2D eigenvalue weighted by atomic mass is 32.2. The molecule has 1 aliphatic heterocycles. The van der Waals surface area contributed by atoms with Gasteiger partial charge in [-0.1, -0.05) is 17.7 Å². The Morgan fingerprint density at radius 2 is 1.77 bits per heavy atom. The summed E-state index contributed by atoms with van der Waals surface area (Å²) in [4.78, 5) is 7.01. The topological polar surface area (TPSA) is 75.7 Å². The standard InChI is InChI=1S/C20H26N6O2S2/c1-15-5-7-18(8-6-15)30(27,28)24-10-4-9-23(11-12-24)14-25-20(29)26-17(3)13-16(2)21-19(26)22-25/h5-8,13H,4,9-12,14H2,1-3H3. The van der Waals surface area contributed by atoms with Crippen molar-refractivity contribution in [2.45, 2.75) is 38.8 Å². The lowest BCUT2D eigenvalue weighted by Crippen LogP contribution is -2.35. The molecule has 30 heavy (non-hydrogen) atoms. The van der Waals surface area contributed by atoms with Crippen LogP contribution in [0.2, 0.25) is 0 Å². The molecule has 0 aliphatic carbocycles. The van der Waals surface area contributed by atoms with E-state index in [0.717, 1.165) is 29.9 Å². The van der Waals surface area contributed by atoms with E-state index >= 15 is 0 Å². The van der Waals surface area contributed by atoms with Crippen LogP contribution in [-0.2, 0) is 16.7 Å². The van der Waals surface area contributed by atoms with Gasteiger partial charge in [0.2, 0.25) is 14.8 Å². The molecule has 4 rings (SSSR count). The van der Waals surface area contributed by atoms with Crippen LogP contribution in [0.5, 0.6) is 0 Å². The molecular formula is C20H26N6O2S2. The molecule has 0 unspecified atom stereocenters.